The number of likely N-dealkylation sites (tertiary alicyclic amines) is 1. The van der Waals surface area contributed by atoms with Crippen molar-refractivity contribution in [2.45, 2.75) is 76.8 Å². The molecule has 0 radical (unpaired) electrons. The number of aromatic nitrogens is 1. The second kappa shape index (κ2) is 15.1. The van der Waals surface area contributed by atoms with E-state index in [1.54, 1.807) is 41.6 Å². The van der Waals surface area contributed by atoms with Crippen LogP contribution in [-0.2, 0) is 23.9 Å². The number of rotatable bonds is 14. The molecule has 0 spiro atoms. The average molecular weight is 524 g/mol. The number of pyridine rings is 1. The molecule has 1 aromatic heterocycles. The fourth-order valence-electron chi connectivity index (χ4n) is 3.45. The third kappa shape index (κ3) is 9.83. The van der Waals surface area contributed by atoms with Crippen LogP contribution < -0.4 is 5.32 Å². The first kappa shape index (κ1) is 29.2. The summed E-state index contributed by atoms with van der Waals surface area (Å²) in [7, 11) is 3.32. The second-order valence-corrected chi connectivity index (χ2v) is 11.6. The zero-order valence-corrected chi connectivity index (χ0v) is 22.6. The molecule has 1 N–H and O–H groups in total. The lowest BCUT2D eigenvalue weighted by Crippen LogP contribution is -2.53. The van der Waals surface area contributed by atoms with Gasteiger partial charge in [-0.3, -0.25) is 14.4 Å². The Kier molecular flexibility index (Phi) is 12.6. The molecule has 2 rings (SSSR count). The van der Waals surface area contributed by atoms with Gasteiger partial charge in [0.1, 0.15) is 11.1 Å². The van der Waals surface area contributed by atoms with E-state index in [9.17, 15) is 19.2 Å². The van der Waals surface area contributed by atoms with E-state index in [-0.39, 0.29) is 18.9 Å². The van der Waals surface area contributed by atoms with Crippen LogP contribution in [-0.4, -0.2) is 64.9 Å². The van der Waals surface area contributed by atoms with Crippen molar-refractivity contribution in [3.63, 3.8) is 0 Å². The van der Waals surface area contributed by atoms with Crippen LogP contribution in [0.3, 0.4) is 0 Å². The summed E-state index contributed by atoms with van der Waals surface area (Å²) in [6.45, 7) is 6.44. The van der Waals surface area contributed by atoms with Crippen LogP contribution in [0.2, 0.25) is 0 Å². The van der Waals surface area contributed by atoms with E-state index >= 15 is 0 Å². The number of ketones is 1. The summed E-state index contributed by atoms with van der Waals surface area (Å²) in [5.74, 6) is -0.749. The van der Waals surface area contributed by atoms with Crippen molar-refractivity contribution in [2.24, 2.45) is 5.41 Å². The van der Waals surface area contributed by atoms with Crippen LogP contribution in [0.25, 0.3) is 0 Å². The standard InChI is InChI=1S/C25H37N3O5S2/c1-4-25(2,3)22(30)23(31)28-16-8-6-11-19(28)24(32)33-17-9-12-20(29)26-15-10-18-34-35-21-13-5-7-14-27-21/h5,7,13-14,19H,4,6,8-12,15-18H2,1-3H3,(H,26,29)/t19-/m0/s1. The molecule has 0 unspecified atom stereocenters. The van der Waals surface area contributed by atoms with Crippen LogP contribution in [0.15, 0.2) is 29.4 Å². The fraction of sp³-hybridized carbons (Fsp3) is 0.640. The van der Waals surface area contributed by atoms with E-state index in [1.165, 1.54) is 4.90 Å². The molecule has 1 fully saturated rings. The molecular formula is C25H37N3O5S2. The Morgan fingerprint density at radius 2 is 2.00 bits per heavy atom. The van der Waals surface area contributed by atoms with Crippen molar-refractivity contribution in [2.75, 3.05) is 25.4 Å². The molecule has 1 atom stereocenters. The highest BCUT2D eigenvalue weighted by Crippen LogP contribution is 2.29. The van der Waals surface area contributed by atoms with Crippen molar-refractivity contribution in [3.8, 4) is 0 Å². The number of Topliss-reactive ketones (excluding diaryl/α,β-unsaturated/α-hetero) is 1. The number of ether oxygens (including phenoxy) is 1. The molecule has 2 amide bonds. The first-order valence-electron chi connectivity index (χ1n) is 12.3. The molecule has 10 heteroatoms. The van der Waals surface area contributed by atoms with Gasteiger partial charge < -0.3 is 15.0 Å². The highest BCUT2D eigenvalue weighted by atomic mass is 33.1. The summed E-state index contributed by atoms with van der Waals surface area (Å²) in [4.78, 5) is 55.7. The number of nitrogens with zero attached hydrogens (tertiary/aromatic N) is 2. The van der Waals surface area contributed by atoms with E-state index in [0.29, 0.717) is 32.4 Å². The number of hydrogen-bond donors (Lipinski definition) is 1. The minimum atomic E-state index is -0.757. The third-order valence-corrected chi connectivity index (χ3v) is 8.38. The highest BCUT2D eigenvalue weighted by Gasteiger charge is 2.40. The summed E-state index contributed by atoms with van der Waals surface area (Å²) in [6, 6.07) is 5.06. The minimum absolute atomic E-state index is 0.0784. The average Bonchev–Trinajstić information content (AvgIpc) is 2.88. The molecule has 8 nitrogen and oxygen atoms in total. The highest BCUT2D eigenvalue weighted by molar-refractivity contribution is 8.76. The number of piperidine rings is 1. The van der Waals surface area contributed by atoms with Crippen molar-refractivity contribution < 1.29 is 23.9 Å². The Balaban J connectivity index is 1.62. The second-order valence-electron chi connectivity index (χ2n) is 9.12. The van der Waals surface area contributed by atoms with E-state index in [2.05, 4.69) is 10.3 Å². The predicted octanol–water partition coefficient (Wildman–Crippen LogP) is 4.04. The fourth-order valence-corrected chi connectivity index (χ4v) is 5.41. The lowest BCUT2D eigenvalue weighted by atomic mass is 9.84. The molecule has 1 aromatic rings. The maximum absolute atomic E-state index is 12.8. The number of carbonyl (C=O) groups is 4. The Hall–Kier alpha value is -2.07. The van der Waals surface area contributed by atoms with Crippen LogP contribution in [0.4, 0.5) is 0 Å². The molecule has 0 saturated carbocycles. The summed E-state index contributed by atoms with van der Waals surface area (Å²) < 4.78 is 5.37. The Morgan fingerprint density at radius 3 is 2.71 bits per heavy atom. The number of hydrogen-bond acceptors (Lipinski definition) is 8. The summed E-state index contributed by atoms with van der Waals surface area (Å²) in [5.41, 5.74) is -0.757. The first-order valence-corrected chi connectivity index (χ1v) is 14.6. The van der Waals surface area contributed by atoms with Crippen LogP contribution in [0.1, 0.15) is 65.7 Å². The van der Waals surface area contributed by atoms with Gasteiger partial charge in [-0.15, -0.1) is 0 Å². The van der Waals surface area contributed by atoms with Gasteiger partial charge in [0.2, 0.25) is 11.7 Å². The predicted molar refractivity (Wildman–Crippen MR) is 139 cm³/mol. The Morgan fingerprint density at radius 1 is 1.20 bits per heavy atom. The molecular weight excluding hydrogens is 486 g/mol. The van der Waals surface area contributed by atoms with E-state index in [1.807, 2.05) is 25.1 Å². The summed E-state index contributed by atoms with van der Waals surface area (Å²) in [6.07, 6.45) is 5.88. The maximum atomic E-state index is 12.8. The maximum Gasteiger partial charge on any atom is 0.328 e. The van der Waals surface area contributed by atoms with Gasteiger partial charge in [0.25, 0.3) is 5.91 Å². The zero-order chi connectivity index (χ0) is 25.7. The molecule has 35 heavy (non-hydrogen) atoms. The van der Waals surface area contributed by atoms with Gasteiger partial charge in [-0.2, -0.15) is 0 Å². The zero-order valence-electron chi connectivity index (χ0n) is 20.9. The molecule has 0 aliphatic carbocycles. The lowest BCUT2D eigenvalue weighted by molar-refractivity contribution is -0.161. The van der Waals surface area contributed by atoms with Gasteiger partial charge in [0.15, 0.2) is 0 Å². The van der Waals surface area contributed by atoms with Crippen LogP contribution >= 0.6 is 21.6 Å². The molecule has 0 aromatic carbocycles. The van der Waals surface area contributed by atoms with E-state index in [0.717, 1.165) is 30.0 Å². The van der Waals surface area contributed by atoms with Crippen LogP contribution in [0, 0.1) is 5.41 Å². The summed E-state index contributed by atoms with van der Waals surface area (Å²) in [5, 5.41) is 3.84. The Bertz CT molecular complexity index is 851. The molecule has 1 aliphatic rings. The molecule has 1 aliphatic heterocycles. The third-order valence-electron chi connectivity index (χ3n) is 6.03. The van der Waals surface area contributed by atoms with E-state index in [4.69, 9.17) is 4.74 Å². The Labute approximate surface area is 216 Å². The van der Waals surface area contributed by atoms with Gasteiger partial charge in [0.05, 0.1) is 6.61 Å². The summed E-state index contributed by atoms with van der Waals surface area (Å²) >= 11 is 0. The first-order chi connectivity index (χ1) is 16.8. The van der Waals surface area contributed by atoms with Gasteiger partial charge in [-0.05, 0) is 61.5 Å². The smallest absolute Gasteiger partial charge is 0.328 e. The van der Waals surface area contributed by atoms with Crippen molar-refractivity contribution in [3.05, 3.63) is 24.4 Å². The van der Waals surface area contributed by atoms with Gasteiger partial charge >= 0.3 is 5.97 Å². The minimum Gasteiger partial charge on any atom is -0.464 e. The number of nitrogens with one attached hydrogen (secondary N) is 1. The lowest BCUT2D eigenvalue weighted by Gasteiger charge is -2.35. The van der Waals surface area contributed by atoms with Crippen LogP contribution in [0.5, 0.6) is 0 Å². The SMILES string of the molecule is CCC(C)(C)C(=O)C(=O)N1CCCC[C@H]1C(=O)OCCCC(=O)NCCCSSc1ccccn1. The largest absolute Gasteiger partial charge is 0.464 e. The molecule has 194 valence electrons. The molecule has 0 bridgehead atoms. The van der Waals surface area contributed by atoms with Crippen molar-refractivity contribution in [1.29, 1.82) is 0 Å². The quantitative estimate of drug-likeness (QED) is 0.169. The number of carbonyl (C=O) groups excluding carboxylic acids is 4. The van der Waals surface area contributed by atoms with E-state index < -0.39 is 29.1 Å². The number of amides is 2. The molecule has 1 saturated heterocycles. The van der Waals surface area contributed by atoms with Crippen molar-refractivity contribution in [1.82, 2.24) is 15.2 Å². The van der Waals surface area contributed by atoms with Gasteiger partial charge in [-0.1, -0.05) is 37.6 Å². The normalized spacial score (nSPS) is 16.0. The number of esters is 1. The monoisotopic (exact) mass is 523 g/mol. The van der Waals surface area contributed by atoms with Gasteiger partial charge in [-0.25, -0.2) is 9.78 Å². The molecule has 2 heterocycles. The van der Waals surface area contributed by atoms with Gasteiger partial charge in [0, 0.05) is 36.9 Å². The van der Waals surface area contributed by atoms with Crippen molar-refractivity contribution >= 4 is 45.2 Å². The topological polar surface area (TPSA) is 106 Å².